The maximum atomic E-state index is 13.4. The molecular formula is C11H15ClFNO. The molecule has 1 rings (SSSR count). The molecule has 0 heterocycles. The Morgan fingerprint density at radius 3 is 2.73 bits per heavy atom. The van der Waals surface area contributed by atoms with Crippen LogP contribution in [0.4, 0.5) is 4.39 Å². The number of ether oxygens (including phenoxy) is 1. The fourth-order valence-electron chi connectivity index (χ4n) is 1.28. The molecule has 0 fully saturated rings. The van der Waals surface area contributed by atoms with Gasteiger partial charge in [-0.15, -0.1) is 0 Å². The normalized spacial score (nSPS) is 15.0. The van der Waals surface area contributed by atoms with Gasteiger partial charge >= 0.3 is 0 Å². The summed E-state index contributed by atoms with van der Waals surface area (Å²) in [5.74, 6) is -0.318. The summed E-state index contributed by atoms with van der Waals surface area (Å²) in [7, 11) is 1.59. The third-order valence-corrected chi connectivity index (χ3v) is 2.68. The van der Waals surface area contributed by atoms with Crippen LogP contribution in [0.1, 0.15) is 12.5 Å². The van der Waals surface area contributed by atoms with Crippen molar-refractivity contribution < 1.29 is 9.13 Å². The van der Waals surface area contributed by atoms with Gasteiger partial charge < -0.3 is 10.5 Å². The third-order valence-electron chi connectivity index (χ3n) is 2.45. The smallest absolute Gasteiger partial charge is 0.127 e. The van der Waals surface area contributed by atoms with Crippen molar-refractivity contribution in [2.45, 2.75) is 25.5 Å². The molecule has 0 bridgehead atoms. The average molecular weight is 232 g/mol. The first-order valence-corrected chi connectivity index (χ1v) is 5.14. The molecule has 2 nitrogen and oxygen atoms in total. The second kappa shape index (κ2) is 5.45. The molecule has 15 heavy (non-hydrogen) atoms. The fourth-order valence-corrected chi connectivity index (χ4v) is 1.44. The predicted octanol–water partition coefficient (Wildman–Crippen LogP) is 2.38. The summed E-state index contributed by atoms with van der Waals surface area (Å²) in [4.78, 5) is 0. The highest BCUT2D eigenvalue weighted by Crippen LogP contribution is 2.16. The molecule has 0 saturated heterocycles. The van der Waals surface area contributed by atoms with E-state index in [4.69, 9.17) is 22.1 Å². The van der Waals surface area contributed by atoms with E-state index in [0.29, 0.717) is 17.0 Å². The largest absolute Gasteiger partial charge is 0.380 e. The van der Waals surface area contributed by atoms with Gasteiger partial charge in [0.1, 0.15) is 5.82 Å². The Hall–Kier alpha value is -0.640. The first-order valence-electron chi connectivity index (χ1n) is 4.77. The number of hydrogen-bond acceptors (Lipinski definition) is 2. The highest BCUT2D eigenvalue weighted by atomic mass is 35.5. The Morgan fingerprint density at radius 2 is 2.20 bits per heavy atom. The van der Waals surface area contributed by atoms with Crippen LogP contribution in [-0.2, 0) is 11.2 Å². The second-order valence-electron chi connectivity index (χ2n) is 3.54. The van der Waals surface area contributed by atoms with E-state index < -0.39 is 0 Å². The minimum absolute atomic E-state index is 0.0971. The Kier molecular flexibility index (Phi) is 4.51. The van der Waals surface area contributed by atoms with Crippen LogP contribution >= 0.6 is 11.6 Å². The fraction of sp³-hybridized carbons (Fsp3) is 0.455. The average Bonchev–Trinajstić information content (AvgIpc) is 2.20. The van der Waals surface area contributed by atoms with Crippen LogP contribution in [0.5, 0.6) is 0 Å². The number of halogens is 2. The molecule has 0 amide bonds. The van der Waals surface area contributed by atoms with Crippen molar-refractivity contribution in [3.63, 3.8) is 0 Å². The molecule has 0 radical (unpaired) electrons. The van der Waals surface area contributed by atoms with Gasteiger partial charge in [-0.25, -0.2) is 4.39 Å². The zero-order chi connectivity index (χ0) is 11.4. The molecule has 84 valence electrons. The third kappa shape index (κ3) is 3.45. The van der Waals surface area contributed by atoms with Crippen LogP contribution in [-0.4, -0.2) is 19.3 Å². The van der Waals surface area contributed by atoms with Crippen LogP contribution in [0.25, 0.3) is 0 Å². The Labute approximate surface area is 94.2 Å². The summed E-state index contributed by atoms with van der Waals surface area (Å²) in [5, 5.41) is 0.393. The molecule has 0 aliphatic heterocycles. The zero-order valence-electron chi connectivity index (χ0n) is 8.84. The van der Waals surface area contributed by atoms with Crippen molar-refractivity contribution in [3.8, 4) is 0 Å². The lowest BCUT2D eigenvalue weighted by Crippen LogP contribution is -2.36. The number of nitrogens with two attached hydrogens (primary N) is 1. The van der Waals surface area contributed by atoms with Gasteiger partial charge in [0, 0.05) is 18.2 Å². The Morgan fingerprint density at radius 1 is 1.53 bits per heavy atom. The summed E-state index contributed by atoms with van der Waals surface area (Å²) in [5.41, 5.74) is 6.41. The van der Waals surface area contributed by atoms with Crippen LogP contribution in [0.2, 0.25) is 5.02 Å². The summed E-state index contributed by atoms with van der Waals surface area (Å²) < 4.78 is 18.5. The minimum atomic E-state index is -0.318. The van der Waals surface area contributed by atoms with Gasteiger partial charge in [-0.2, -0.15) is 0 Å². The van der Waals surface area contributed by atoms with E-state index in [9.17, 15) is 4.39 Å². The molecular weight excluding hydrogens is 217 g/mol. The van der Waals surface area contributed by atoms with E-state index in [1.165, 1.54) is 6.07 Å². The van der Waals surface area contributed by atoms with Crippen molar-refractivity contribution in [1.29, 1.82) is 0 Å². The number of hydrogen-bond donors (Lipinski definition) is 1. The van der Waals surface area contributed by atoms with E-state index in [1.807, 2.05) is 6.92 Å². The molecule has 0 aliphatic rings. The van der Waals surface area contributed by atoms with Crippen LogP contribution in [0.3, 0.4) is 0 Å². The molecule has 2 N–H and O–H groups in total. The van der Waals surface area contributed by atoms with Crippen molar-refractivity contribution in [1.82, 2.24) is 0 Å². The molecule has 0 spiro atoms. The molecule has 2 unspecified atom stereocenters. The standard InChI is InChI=1S/C11H15ClFNO/c1-7(15-2)11(14)5-8-3-4-9(12)6-10(8)13/h3-4,6-7,11H,5,14H2,1-2H3. The summed E-state index contributed by atoms with van der Waals surface area (Å²) >= 11 is 5.65. The topological polar surface area (TPSA) is 35.2 Å². The number of benzene rings is 1. The van der Waals surface area contributed by atoms with Crippen molar-refractivity contribution >= 4 is 11.6 Å². The number of rotatable bonds is 4. The lowest BCUT2D eigenvalue weighted by Gasteiger charge is -2.18. The van der Waals surface area contributed by atoms with E-state index in [0.717, 1.165) is 0 Å². The molecule has 0 aliphatic carbocycles. The molecule has 0 aromatic heterocycles. The first kappa shape index (κ1) is 12.4. The molecule has 2 atom stereocenters. The summed E-state index contributed by atoms with van der Waals surface area (Å²) in [6, 6.07) is 4.39. The van der Waals surface area contributed by atoms with Crippen LogP contribution < -0.4 is 5.73 Å². The first-order chi connectivity index (χ1) is 7.04. The van der Waals surface area contributed by atoms with Crippen LogP contribution in [0, 0.1) is 5.82 Å². The Bertz CT molecular complexity index is 332. The van der Waals surface area contributed by atoms with E-state index in [2.05, 4.69) is 0 Å². The van der Waals surface area contributed by atoms with Crippen molar-refractivity contribution in [2.24, 2.45) is 5.73 Å². The molecule has 4 heteroatoms. The van der Waals surface area contributed by atoms with Gasteiger partial charge in [-0.05, 0) is 31.0 Å². The van der Waals surface area contributed by atoms with E-state index >= 15 is 0 Å². The SMILES string of the molecule is COC(C)C(N)Cc1ccc(Cl)cc1F. The highest BCUT2D eigenvalue weighted by Gasteiger charge is 2.14. The molecule has 0 saturated carbocycles. The zero-order valence-corrected chi connectivity index (χ0v) is 9.59. The monoisotopic (exact) mass is 231 g/mol. The summed E-state index contributed by atoms with van der Waals surface area (Å²) in [6.45, 7) is 1.86. The van der Waals surface area contributed by atoms with E-state index in [-0.39, 0.29) is 18.0 Å². The maximum Gasteiger partial charge on any atom is 0.127 e. The van der Waals surface area contributed by atoms with Crippen LogP contribution in [0.15, 0.2) is 18.2 Å². The maximum absolute atomic E-state index is 13.4. The van der Waals surface area contributed by atoms with Crippen molar-refractivity contribution in [3.05, 3.63) is 34.6 Å². The highest BCUT2D eigenvalue weighted by molar-refractivity contribution is 6.30. The lowest BCUT2D eigenvalue weighted by molar-refractivity contribution is 0.0953. The number of methoxy groups -OCH3 is 1. The van der Waals surface area contributed by atoms with Crippen molar-refractivity contribution in [2.75, 3.05) is 7.11 Å². The van der Waals surface area contributed by atoms with Gasteiger partial charge in [0.05, 0.1) is 6.10 Å². The van der Waals surface area contributed by atoms with Gasteiger partial charge in [0.2, 0.25) is 0 Å². The van der Waals surface area contributed by atoms with Gasteiger partial charge in [0.25, 0.3) is 0 Å². The molecule has 1 aromatic rings. The lowest BCUT2D eigenvalue weighted by atomic mass is 10.0. The van der Waals surface area contributed by atoms with E-state index in [1.54, 1.807) is 19.2 Å². The minimum Gasteiger partial charge on any atom is -0.380 e. The van der Waals surface area contributed by atoms with Gasteiger partial charge in [0.15, 0.2) is 0 Å². The predicted molar refractivity (Wildman–Crippen MR) is 59.6 cm³/mol. The molecule has 1 aromatic carbocycles. The second-order valence-corrected chi connectivity index (χ2v) is 3.98. The van der Waals surface area contributed by atoms with Gasteiger partial charge in [-0.3, -0.25) is 0 Å². The summed E-state index contributed by atoms with van der Waals surface area (Å²) in [6.07, 6.45) is 0.345. The Balaban J connectivity index is 2.72. The van der Waals surface area contributed by atoms with Gasteiger partial charge in [-0.1, -0.05) is 17.7 Å². The quantitative estimate of drug-likeness (QED) is 0.864.